The summed E-state index contributed by atoms with van der Waals surface area (Å²) in [7, 11) is 4.02. The van der Waals surface area contributed by atoms with E-state index in [0.29, 0.717) is 12.6 Å². The Hall–Kier alpha value is -1.60. The number of nitrogens with one attached hydrogen (secondary N) is 2. The predicted molar refractivity (Wildman–Crippen MR) is 109 cm³/mol. The molecule has 140 valence electrons. The normalized spacial score (nSPS) is 16.7. The molecule has 1 aromatic rings. The Balaban J connectivity index is 1.86. The van der Waals surface area contributed by atoms with Crippen molar-refractivity contribution >= 4 is 22.4 Å². The molecule has 0 spiro atoms. The molecule has 25 heavy (non-hydrogen) atoms. The molecule has 0 bridgehead atoms. The maximum Gasteiger partial charge on any atom is 0.191 e. The molecule has 1 aliphatic rings. The highest BCUT2D eigenvalue weighted by atomic mass is 32.1. The lowest BCUT2D eigenvalue weighted by molar-refractivity contribution is 0.221. The number of piperidine rings is 1. The lowest BCUT2D eigenvalue weighted by atomic mass is 10.0. The predicted octanol–water partition coefficient (Wildman–Crippen LogP) is 2.30. The van der Waals surface area contributed by atoms with Crippen molar-refractivity contribution in [3.8, 4) is 0 Å². The second-order valence-electron chi connectivity index (χ2n) is 6.86. The second kappa shape index (κ2) is 9.77. The van der Waals surface area contributed by atoms with E-state index in [-0.39, 0.29) is 0 Å². The molecule has 0 radical (unpaired) electrons. The van der Waals surface area contributed by atoms with Gasteiger partial charge in [0.2, 0.25) is 0 Å². The molecule has 0 atom stereocenters. The van der Waals surface area contributed by atoms with Crippen LogP contribution in [0.4, 0.5) is 5.13 Å². The molecule has 2 heterocycles. The number of guanidine groups is 1. The number of thiazole rings is 1. The average Bonchev–Trinajstić information content (AvgIpc) is 3.03. The lowest BCUT2D eigenvalue weighted by Gasteiger charge is -2.33. The summed E-state index contributed by atoms with van der Waals surface area (Å²) in [5, 5.41) is 10.0. The van der Waals surface area contributed by atoms with Crippen molar-refractivity contribution < 1.29 is 0 Å². The number of likely N-dealkylation sites (tertiary alicyclic amines) is 1. The lowest BCUT2D eigenvalue weighted by Crippen LogP contribution is -2.48. The summed E-state index contributed by atoms with van der Waals surface area (Å²) in [6, 6.07) is 0.479. The van der Waals surface area contributed by atoms with Crippen LogP contribution in [-0.2, 0) is 6.54 Å². The maximum atomic E-state index is 4.71. The van der Waals surface area contributed by atoms with E-state index in [2.05, 4.69) is 46.3 Å². The molecule has 6 nitrogen and oxygen atoms in total. The van der Waals surface area contributed by atoms with Crippen LogP contribution in [0.3, 0.4) is 0 Å². The van der Waals surface area contributed by atoms with Crippen molar-refractivity contribution in [2.24, 2.45) is 4.99 Å². The molecule has 1 saturated heterocycles. The quantitative estimate of drug-likeness (QED) is 0.442. The zero-order valence-electron chi connectivity index (χ0n) is 16.0. The summed E-state index contributed by atoms with van der Waals surface area (Å²) in [5.41, 5.74) is 2.25. The van der Waals surface area contributed by atoms with Crippen LogP contribution in [0, 0.1) is 0 Å². The van der Waals surface area contributed by atoms with Crippen molar-refractivity contribution in [1.82, 2.24) is 20.5 Å². The van der Waals surface area contributed by atoms with Crippen LogP contribution in [0.1, 0.15) is 32.4 Å². The number of aliphatic imine (C=N–C) groups is 1. The Bertz CT molecular complexity index is 572. The van der Waals surface area contributed by atoms with E-state index in [4.69, 9.17) is 4.99 Å². The highest BCUT2D eigenvalue weighted by molar-refractivity contribution is 7.13. The van der Waals surface area contributed by atoms with Crippen molar-refractivity contribution in [1.29, 1.82) is 0 Å². The molecule has 1 aliphatic heterocycles. The molecule has 0 aromatic carbocycles. The van der Waals surface area contributed by atoms with Crippen LogP contribution in [-0.4, -0.2) is 62.2 Å². The molecule has 0 amide bonds. The number of hydrogen-bond donors (Lipinski definition) is 2. The average molecular weight is 365 g/mol. The Morgan fingerprint density at radius 3 is 2.72 bits per heavy atom. The van der Waals surface area contributed by atoms with Gasteiger partial charge in [0, 0.05) is 51.7 Å². The maximum absolute atomic E-state index is 4.71. The van der Waals surface area contributed by atoms with Crippen LogP contribution >= 0.6 is 11.3 Å². The molecule has 1 aromatic heterocycles. The number of nitrogens with zero attached hydrogens (tertiary/aromatic N) is 4. The molecule has 7 heteroatoms. The van der Waals surface area contributed by atoms with Crippen LogP contribution < -0.4 is 15.5 Å². The van der Waals surface area contributed by atoms with E-state index in [1.165, 1.54) is 5.57 Å². The second-order valence-corrected chi connectivity index (χ2v) is 7.70. The largest absolute Gasteiger partial charge is 0.357 e. The smallest absolute Gasteiger partial charge is 0.191 e. The minimum atomic E-state index is 0.479. The fourth-order valence-electron chi connectivity index (χ4n) is 2.86. The third-order valence-electron chi connectivity index (χ3n) is 4.09. The highest BCUT2D eigenvalue weighted by Crippen LogP contribution is 2.18. The van der Waals surface area contributed by atoms with Gasteiger partial charge in [-0.25, -0.2) is 9.98 Å². The van der Waals surface area contributed by atoms with E-state index >= 15 is 0 Å². The molecule has 0 saturated carbocycles. The topological polar surface area (TPSA) is 55.8 Å². The highest BCUT2D eigenvalue weighted by Gasteiger charge is 2.19. The van der Waals surface area contributed by atoms with Gasteiger partial charge in [-0.15, -0.1) is 11.3 Å². The number of rotatable bonds is 7. The molecule has 2 N–H and O–H groups in total. The van der Waals surface area contributed by atoms with Gasteiger partial charge in [-0.05, 0) is 26.7 Å². The van der Waals surface area contributed by atoms with Gasteiger partial charge in [-0.2, -0.15) is 0 Å². The Kier molecular flexibility index (Phi) is 7.71. The summed E-state index contributed by atoms with van der Waals surface area (Å²) >= 11 is 1.66. The fourth-order valence-corrected chi connectivity index (χ4v) is 3.61. The standard InChI is InChI=1S/C18H32N6S/c1-6-19-17(20-11-16-13-25-18(22-16)23(4)5)21-15-7-9-24(10-8-15)12-14(2)3/h13,15H,2,6-12H2,1,3-5H3,(H2,19,20,21). The Morgan fingerprint density at radius 2 is 2.16 bits per heavy atom. The molecule has 0 aliphatic carbocycles. The van der Waals surface area contributed by atoms with E-state index in [9.17, 15) is 0 Å². The van der Waals surface area contributed by atoms with Crippen molar-refractivity contribution in [3.63, 3.8) is 0 Å². The summed E-state index contributed by atoms with van der Waals surface area (Å²) in [5.74, 6) is 0.889. The first-order chi connectivity index (χ1) is 12.0. The molecule has 0 unspecified atom stereocenters. The zero-order valence-corrected chi connectivity index (χ0v) is 16.8. The fraction of sp³-hybridized carbons (Fsp3) is 0.667. The van der Waals surface area contributed by atoms with Crippen molar-refractivity contribution in [2.75, 3.05) is 45.2 Å². The van der Waals surface area contributed by atoms with E-state index in [1.54, 1.807) is 11.3 Å². The summed E-state index contributed by atoms with van der Waals surface area (Å²) in [4.78, 5) is 13.8. The Labute approximate surface area is 156 Å². The summed E-state index contributed by atoms with van der Waals surface area (Å²) in [6.45, 7) is 12.9. The monoisotopic (exact) mass is 364 g/mol. The number of anilines is 1. The van der Waals surface area contributed by atoms with E-state index < -0.39 is 0 Å². The van der Waals surface area contributed by atoms with Crippen LogP contribution in [0.5, 0.6) is 0 Å². The van der Waals surface area contributed by atoms with Gasteiger partial charge in [-0.3, -0.25) is 4.90 Å². The van der Waals surface area contributed by atoms with Gasteiger partial charge in [0.25, 0.3) is 0 Å². The molecular formula is C18H32N6S. The van der Waals surface area contributed by atoms with Gasteiger partial charge in [0.05, 0.1) is 12.2 Å². The van der Waals surface area contributed by atoms with Gasteiger partial charge in [-0.1, -0.05) is 12.2 Å². The number of aromatic nitrogens is 1. The first-order valence-electron chi connectivity index (χ1n) is 9.01. The molecule has 1 fully saturated rings. The third-order valence-corrected chi connectivity index (χ3v) is 5.14. The first-order valence-corrected chi connectivity index (χ1v) is 9.89. The minimum absolute atomic E-state index is 0.479. The van der Waals surface area contributed by atoms with Crippen LogP contribution in [0.2, 0.25) is 0 Å². The van der Waals surface area contributed by atoms with Gasteiger partial charge < -0.3 is 15.5 Å². The number of hydrogen-bond acceptors (Lipinski definition) is 5. The molecular weight excluding hydrogens is 332 g/mol. The first kappa shape index (κ1) is 19.7. The zero-order chi connectivity index (χ0) is 18.2. The van der Waals surface area contributed by atoms with E-state index in [1.807, 2.05) is 19.0 Å². The third kappa shape index (κ3) is 6.66. The van der Waals surface area contributed by atoms with Crippen LogP contribution in [0.15, 0.2) is 22.5 Å². The van der Waals surface area contributed by atoms with Crippen LogP contribution in [0.25, 0.3) is 0 Å². The van der Waals surface area contributed by atoms with Crippen molar-refractivity contribution in [3.05, 3.63) is 23.2 Å². The summed E-state index contributed by atoms with van der Waals surface area (Å²) < 4.78 is 0. The van der Waals surface area contributed by atoms with Gasteiger partial charge in [0.15, 0.2) is 11.1 Å². The van der Waals surface area contributed by atoms with Gasteiger partial charge in [0.1, 0.15) is 0 Å². The SMILES string of the molecule is C=C(C)CN1CCC(NC(=NCc2csc(N(C)C)n2)NCC)CC1. The summed E-state index contributed by atoms with van der Waals surface area (Å²) in [6.07, 6.45) is 2.28. The van der Waals surface area contributed by atoms with E-state index in [0.717, 1.165) is 55.8 Å². The van der Waals surface area contributed by atoms with Gasteiger partial charge >= 0.3 is 0 Å². The molecule has 2 rings (SSSR count). The van der Waals surface area contributed by atoms with Crippen molar-refractivity contribution in [2.45, 2.75) is 39.3 Å². The Morgan fingerprint density at radius 1 is 1.44 bits per heavy atom. The minimum Gasteiger partial charge on any atom is -0.357 e.